The van der Waals surface area contributed by atoms with Gasteiger partial charge in [-0.2, -0.15) is 10.2 Å². The highest BCUT2D eigenvalue weighted by atomic mass is 32.1. The van der Waals surface area contributed by atoms with Crippen molar-refractivity contribution in [2.45, 2.75) is 209 Å². The van der Waals surface area contributed by atoms with Crippen molar-refractivity contribution < 1.29 is 0 Å². The lowest BCUT2D eigenvalue weighted by atomic mass is 9.85. The van der Waals surface area contributed by atoms with Crippen molar-refractivity contribution in [1.82, 2.24) is 55.3 Å². The van der Waals surface area contributed by atoms with Crippen LogP contribution >= 0.6 is 22.7 Å². The number of nitrogens with one attached hydrogen (secondary N) is 4. The fourth-order valence-corrected chi connectivity index (χ4v) is 11.6. The summed E-state index contributed by atoms with van der Waals surface area (Å²) in [4.78, 5) is 27.0. The molecule has 0 fully saturated rings. The number of rotatable bonds is 0. The van der Waals surface area contributed by atoms with Crippen LogP contribution < -0.4 is 0 Å². The van der Waals surface area contributed by atoms with E-state index in [1.165, 1.54) is 81.2 Å². The molecule has 0 saturated heterocycles. The van der Waals surface area contributed by atoms with Crippen molar-refractivity contribution in [2.75, 3.05) is 0 Å². The Hall–Kier alpha value is -8.13. The molecule has 0 amide bonds. The number of thiophene rings is 1. The minimum absolute atomic E-state index is 0.119. The average Bonchev–Trinajstić information content (AvgIpc) is 1.83. The minimum atomic E-state index is 0.119. The molecule has 0 unspecified atom stereocenters. The predicted octanol–water partition coefficient (Wildman–Crippen LogP) is 22.8. The van der Waals surface area contributed by atoms with Gasteiger partial charge in [0.25, 0.3) is 0 Å². The fraction of sp³-hybridized carbons (Fsp3) is 0.395. The first-order valence-electron chi connectivity index (χ1n) is 32.6. The van der Waals surface area contributed by atoms with Gasteiger partial charge in [0.1, 0.15) is 0 Å². The minimum Gasteiger partial charge on any atom is -0.361 e. The summed E-state index contributed by atoms with van der Waals surface area (Å²) < 4.78 is 1.40. The van der Waals surface area contributed by atoms with Gasteiger partial charge in [-0.15, -0.1) is 22.7 Å². The highest BCUT2D eigenvalue weighted by Crippen LogP contribution is 2.34. The monoisotopic (exact) mass is 1300 g/mol. The lowest BCUT2D eigenvalue weighted by Crippen LogP contribution is -2.13. The Bertz CT molecular complexity index is 4070. The molecule has 498 valence electrons. The summed E-state index contributed by atoms with van der Waals surface area (Å²) in [6.45, 7) is 52.8. The summed E-state index contributed by atoms with van der Waals surface area (Å²) in [6, 6.07) is 38.4. The molecule has 11 nitrogen and oxygen atoms in total. The molecule has 0 aliphatic carbocycles. The number of aromatic nitrogens is 11. The second kappa shape index (κ2) is 31.4. The molecular weight excluding hydrogens is 1190 g/mol. The zero-order valence-corrected chi connectivity index (χ0v) is 62.5. The molecule has 13 rings (SSSR count). The number of thiazole rings is 1. The number of hydrogen-bond donors (Lipinski definition) is 4. The number of pyridine rings is 2. The molecule has 9 heterocycles. The van der Waals surface area contributed by atoms with E-state index in [2.05, 4.69) is 318 Å². The molecule has 94 heavy (non-hydrogen) atoms. The van der Waals surface area contributed by atoms with Crippen LogP contribution in [0.5, 0.6) is 0 Å². The molecule has 13 aromatic rings. The SMILES string of the molecule is CC(C)(C)c1[nH]nc2ccccc12.CC(C)(C)c1ccc2[nH]ccc2c1.CC(C)(C)c1cccc2[nH]ccc12.CC(C)(C)c1cccc2sccc12.CC(C)(C)c1ccncc1.CC(C)(C)c1cncc2[nH]ncc12.CC(C)(C)c1cnccn1.CC(C)(C)c1nccs1. The lowest BCUT2D eigenvalue weighted by molar-refractivity contribution is 0.565. The quantitative estimate of drug-likeness (QED) is 0.118. The van der Waals surface area contributed by atoms with Gasteiger partial charge < -0.3 is 9.97 Å². The van der Waals surface area contributed by atoms with Crippen LogP contribution in [0.1, 0.15) is 210 Å². The Kier molecular flexibility index (Phi) is 25.0. The van der Waals surface area contributed by atoms with E-state index < -0.39 is 0 Å². The molecule has 0 atom stereocenters. The summed E-state index contributed by atoms with van der Waals surface area (Å²) in [5.41, 5.74) is 15.1. The molecule has 0 aliphatic heterocycles. The predicted molar refractivity (Wildman–Crippen MR) is 406 cm³/mol. The Morgan fingerprint density at radius 2 is 0.979 bits per heavy atom. The number of benzene rings is 4. The number of aromatic amines is 4. The fourth-order valence-electron chi connectivity index (χ4n) is 10.0. The maximum Gasteiger partial charge on any atom is 0.0978 e. The Labute approximate surface area is 570 Å². The maximum atomic E-state index is 4.26. The molecule has 4 aromatic carbocycles. The Balaban J connectivity index is 0.000000171. The van der Waals surface area contributed by atoms with Crippen molar-refractivity contribution in [2.24, 2.45) is 0 Å². The van der Waals surface area contributed by atoms with E-state index in [1.54, 1.807) is 36.1 Å². The standard InChI is InChI=1S/2C12H15N.C12H14S.C11H14N2.C10H13N3.C9H13N.C8H12N2.C7H11NS/c1-12(2,3)10-4-5-11-9(8-10)6-7-13-11;2*1-12(2,3)10-5-4-6-11-9(10)7-8-13-11;1-11(2,3)10-8-6-4-5-7-9(8)12-13-10;1-10(2,3)8-5-11-6-9-7(8)4-12-13-9;1-9(2,3)8-4-6-10-7-5-8;1-8(2,3)7-6-9-4-5-10-7;1-7(2,3)6-8-4-5-9-6/h2*4-8,13H,1-3H3;4-8H,1-3H3;4-7H,1-3H3,(H,12,13);4-6H,1-3H3,(H,12,13);4-7H,1-3H3;4-6H,1-3H3;4-5H,1-3H3. The second-order valence-corrected chi connectivity index (χ2v) is 33.8. The van der Waals surface area contributed by atoms with Gasteiger partial charge in [-0.3, -0.25) is 30.1 Å². The van der Waals surface area contributed by atoms with Gasteiger partial charge in [-0.05, 0) is 132 Å². The van der Waals surface area contributed by atoms with Crippen LogP contribution in [0.15, 0.2) is 188 Å². The molecule has 0 spiro atoms. The van der Waals surface area contributed by atoms with E-state index in [1.807, 2.05) is 78.3 Å². The van der Waals surface area contributed by atoms with Crippen LogP contribution in [0.2, 0.25) is 0 Å². The summed E-state index contributed by atoms with van der Waals surface area (Å²) in [6.07, 6.45) is 20.3. The van der Waals surface area contributed by atoms with Crippen molar-refractivity contribution in [3.05, 3.63) is 232 Å². The third-order valence-corrected chi connectivity index (χ3v) is 17.5. The molecule has 0 saturated carbocycles. The number of H-pyrrole nitrogens is 4. The van der Waals surface area contributed by atoms with Gasteiger partial charge in [-0.25, -0.2) is 4.98 Å². The van der Waals surface area contributed by atoms with E-state index in [0.717, 1.165) is 16.7 Å². The Morgan fingerprint density at radius 1 is 0.351 bits per heavy atom. The van der Waals surface area contributed by atoms with Gasteiger partial charge in [0, 0.05) is 115 Å². The largest absolute Gasteiger partial charge is 0.361 e. The number of nitrogens with zero attached hydrogens (tertiary/aromatic N) is 7. The van der Waals surface area contributed by atoms with Gasteiger partial charge in [0.15, 0.2) is 0 Å². The topological polar surface area (TPSA) is 153 Å². The van der Waals surface area contributed by atoms with Crippen LogP contribution in [0.3, 0.4) is 0 Å². The first-order chi connectivity index (χ1) is 43.7. The smallest absolute Gasteiger partial charge is 0.0978 e. The summed E-state index contributed by atoms with van der Waals surface area (Å²) in [5.74, 6) is 0. The van der Waals surface area contributed by atoms with Crippen LogP contribution in [0, 0.1) is 0 Å². The first kappa shape index (κ1) is 74.9. The molecule has 0 aliphatic rings. The number of fused-ring (bicyclic) bond motifs is 5. The molecule has 9 aromatic heterocycles. The van der Waals surface area contributed by atoms with Crippen molar-refractivity contribution >= 4 is 76.4 Å². The molecule has 4 N–H and O–H groups in total. The number of para-hydroxylation sites is 1. The van der Waals surface area contributed by atoms with Crippen LogP contribution in [-0.2, 0) is 43.3 Å². The highest BCUT2D eigenvalue weighted by molar-refractivity contribution is 7.17. The zero-order chi connectivity index (χ0) is 69.5. The Morgan fingerprint density at radius 3 is 1.53 bits per heavy atom. The maximum absolute atomic E-state index is 4.26. The zero-order valence-electron chi connectivity index (χ0n) is 60.8. The third-order valence-electron chi connectivity index (χ3n) is 15.5. The van der Waals surface area contributed by atoms with Crippen molar-refractivity contribution in [3.8, 4) is 0 Å². The molecule has 13 heteroatoms. The van der Waals surface area contributed by atoms with E-state index in [-0.39, 0.29) is 43.3 Å². The van der Waals surface area contributed by atoms with Gasteiger partial charge in [0.2, 0.25) is 0 Å². The van der Waals surface area contributed by atoms with E-state index in [9.17, 15) is 0 Å². The first-order valence-corrected chi connectivity index (χ1v) is 34.4. The molecule has 0 radical (unpaired) electrons. The lowest BCUT2D eigenvalue weighted by Gasteiger charge is -2.19. The normalized spacial score (nSPS) is 12.0. The van der Waals surface area contributed by atoms with Crippen molar-refractivity contribution in [3.63, 3.8) is 0 Å². The van der Waals surface area contributed by atoms with Gasteiger partial charge >= 0.3 is 0 Å². The van der Waals surface area contributed by atoms with Crippen LogP contribution in [0.4, 0.5) is 0 Å². The average molecular weight is 1300 g/mol. The van der Waals surface area contributed by atoms with Crippen LogP contribution in [0.25, 0.3) is 53.7 Å². The number of hydrogen-bond acceptors (Lipinski definition) is 9. The van der Waals surface area contributed by atoms with E-state index in [0.29, 0.717) is 0 Å². The van der Waals surface area contributed by atoms with E-state index >= 15 is 0 Å². The summed E-state index contributed by atoms with van der Waals surface area (Å²) in [7, 11) is 0. The van der Waals surface area contributed by atoms with Crippen molar-refractivity contribution in [1.29, 1.82) is 0 Å². The summed E-state index contributed by atoms with van der Waals surface area (Å²) >= 11 is 3.54. The second-order valence-electron chi connectivity index (χ2n) is 32.0. The third kappa shape index (κ3) is 22.0. The van der Waals surface area contributed by atoms with Gasteiger partial charge in [-0.1, -0.05) is 215 Å². The van der Waals surface area contributed by atoms with Gasteiger partial charge in [0.05, 0.1) is 34.1 Å². The molecular formula is C81H107N11S2. The highest BCUT2D eigenvalue weighted by Gasteiger charge is 2.22. The van der Waals surface area contributed by atoms with Crippen LogP contribution in [-0.4, -0.2) is 55.3 Å². The molecule has 0 bridgehead atoms. The van der Waals surface area contributed by atoms with E-state index in [4.69, 9.17) is 0 Å². The summed E-state index contributed by atoms with van der Waals surface area (Å²) in [5, 5.41) is 26.1.